The summed E-state index contributed by atoms with van der Waals surface area (Å²) in [6, 6.07) is 0. The Balaban J connectivity index is 0. The average Bonchev–Trinajstić information content (AvgIpc) is 2.58. The summed E-state index contributed by atoms with van der Waals surface area (Å²) in [7, 11) is 0. The molecule has 0 atom stereocenters. The van der Waals surface area contributed by atoms with Gasteiger partial charge in [0.2, 0.25) is 0 Å². The Bertz CT molecular complexity index is 293. The van der Waals surface area contributed by atoms with E-state index in [4.69, 9.17) is 0 Å². The Morgan fingerprint density at radius 2 is 1.07 bits per heavy atom. The van der Waals surface area contributed by atoms with E-state index in [1.54, 1.807) is 0 Å². The molecular weight excluding hydrogens is 257 g/mol. The van der Waals surface area contributed by atoms with Crippen molar-refractivity contribution in [1.29, 1.82) is 0 Å². The third-order valence-corrected chi connectivity index (χ3v) is 2.49. The van der Waals surface area contributed by atoms with Gasteiger partial charge in [0.05, 0.1) is 0 Å². The summed E-state index contributed by atoms with van der Waals surface area (Å²) in [4.78, 5) is 0. The van der Waals surface area contributed by atoms with Gasteiger partial charge in [0.25, 0.3) is 0 Å². The first-order chi connectivity index (χ1) is 5.75. The Morgan fingerprint density at radius 3 is 1.27 bits per heavy atom. The van der Waals surface area contributed by atoms with Gasteiger partial charge in [-0.05, 0) is 37.8 Å². The van der Waals surface area contributed by atoms with E-state index in [9.17, 15) is 0 Å². The minimum Gasteiger partial charge on any atom is -0.358 e. The summed E-state index contributed by atoms with van der Waals surface area (Å²) >= 11 is 0. The van der Waals surface area contributed by atoms with Gasteiger partial charge in [-0.15, -0.1) is 0 Å². The molecule has 1 radical (unpaired) electrons. The van der Waals surface area contributed by atoms with Gasteiger partial charge in [-0.3, -0.25) is 0 Å². The van der Waals surface area contributed by atoms with E-state index in [-0.39, 0.29) is 47.6 Å². The first kappa shape index (κ1) is 17.5. The van der Waals surface area contributed by atoms with Crippen LogP contribution in [0.25, 0.3) is 0 Å². The molecule has 0 saturated carbocycles. The Morgan fingerprint density at radius 1 is 0.733 bits per heavy atom. The van der Waals surface area contributed by atoms with E-state index in [0.29, 0.717) is 0 Å². The Hall–Kier alpha value is 0.0639. The second kappa shape index (κ2) is 7.36. The van der Waals surface area contributed by atoms with Gasteiger partial charge < -0.3 is 14.9 Å². The fourth-order valence-electron chi connectivity index (χ4n) is 1.76. The summed E-state index contributed by atoms with van der Waals surface area (Å²) in [6.45, 7) is 4.39. The van der Waals surface area contributed by atoms with Crippen LogP contribution in [0.5, 0.6) is 0 Å². The van der Waals surface area contributed by atoms with E-state index in [0.717, 1.165) is 12.8 Å². The predicted octanol–water partition coefficient (Wildman–Crippen LogP) is 4.44. The fourth-order valence-corrected chi connectivity index (χ4v) is 1.76. The quantitative estimate of drug-likeness (QED) is 0.622. The second-order valence-corrected chi connectivity index (χ2v) is 3.76. The molecule has 2 rings (SSSR count). The molecule has 0 fully saturated rings. The Kier molecular flexibility index (Phi) is 8.56. The first-order valence-corrected chi connectivity index (χ1v) is 4.49. The fraction of sp³-hybridized carbons (Fsp3) is 0.286. The van der Waals surface area contributed by atoms with Crippen LogP contribution in [0.15, 0.2) is 46.6 Å². The van der Waals surface area contributed by atoms with Crippen molar-refractivity contribution in [2.45, 2.75) is 26.7 Å². The van der Waals surface area contributed by atoms with Crippen LogP contribution in [0.4, 0.5) is 0 Å². The zero-order valence-electron chi connectivity index (χ0n) is 10.3. The maximum Gasteiger partial charge on any atom is 0 e. The van der Waals surface area contributed by atoms with Crippen LogP contribution >= 0.6 is 0 Å². The summed E-state index contributed by atoms with van der Waals surface area (Å²) in [6.07, 6.45) is 11.3. The van der Waals surface area contributed by atoms with Crippen molar-refractivity contribution in [1.82, 2.24) is 0 Å². The van der Waals surface area contributed by atoms with Crippen LogP contribution in [0.3, 0.4) is 0 Å². The molecule has 0 aliphatic heterocycles. The maximum absolute atomic E-state index is 2.26. The molecule has 1 heteroatoms. The summed E-state index contributed by atoms with van der Waals surface area (Å²) < 4.78 is 0. The van der Waals surface area contributed by atoms with E-state index in [1.165, 1.54) is 22.3 Å². The number of allylic oxidation sites excluding steroid dienone is 8. The van der Waals surface area contributed by atoms with Crippen LogP contribution in [0, 0.1) is 14.9 Å². The molecule has 0 aromatic heterocycles. The molecule has 2 aliphatic carbocycles. The normalized spacial score (nSPS) is 17.5. The molecule has 0 spiro atoms. The monoisotopic (exact) mass is 277 g/mol. The molecule has 0 nitrogen and oxygen atoms in total. The molecule has 2 aliphatic rings. The smallest absolute Gasteiger partial charge is 0 e. The molecule has 0 amide bonds. The SMILES string of the molecule is CC1=CC=C(C2=CC=C(C)C2)C1.[CH3-].[CH3-].[Y]. The molecule has 81 valence electrons. The summed E-state index contributed by atoms with van der Waals surface area (Å²) in [5.41, 5.74) is 5.99. The zero-order chi connectivity index (χ0) is 8.55. The van der Waals surface area contributed by atoms with Crippen LogP contribution in [-0.2, 0) is 32.7 Å². The zero-order valence-corrected chi connectivity index (χ0v) is 13.1. The third-order valence-electron chi connectivity index (χ3n) is 2.49. The molecule has 0 saturated heterocycles. The van der Waals surface area contributed by atoms with Gasteiger partial charge in [0, 0.05) is 32.7 Å². The minimum atomic E-state index is 0. The van der Waals surface area contributed by atoms with Crippen molar-refractivity contribution in [3.05, 3.63) is 61.4 Å². The van der Waals surface area contributed by atoms with E-state index < -0.39 is 0 Å². The third kappa shape index (κ3) is 4.20. The van der Waals surface area contributed by atoms with Gasteiger partial charge in [0.15, 0.2) is 0 Å². The van der Waals surface area contributed by atoms with Crippen LogP contribution in [0.2, 0.25) is 0 Å². The van der Waals surface area contributed by atoms with Crippen molar-refractivity contribution in [2.75, 3.05) is 0 Å². The van der Waals surface area contributed by atoms with Gasteiger partial charge in [-0.2, -0.15) is 0 Å². The second-order valence-electron chi connectivity index (χ2n) is 3.76. The molecule has 0 N–H and O–H groups in total. The number of hydrogen-bond acceptors (Lipinski definition) is 0. The van der Waals surface area contributed by atoms with Gasteiger partial charge in [0.1, 0.15) is 0 Å². The molecular formula is C14H20Y-2. The molecule has 0 aromatic carbocycles. The standard InChI is InChI=1S/C12H14.2CH3.Y/c1-9-3-5-11(7-9)12-6-4-10(2)8-12;;;/h3-6H,7-8H2,1-2H3;2*1H3;/q;2*-1;. The van der Waals surface area contributed by atoms with E-state index >= 15 is 0 Å². The van der Waals surface area contributed by atoms with E-state index in [2.05, 4.69) is 38.2 Å². The average molecular weight is 277 g/mol. The van der Waals surface area contributed by atoms with Crippen molar-refractivity contribution in [3.63, 3.8) is 0 Å². The van der Waals surface area contributed by atoms with Gasteiger partial charge in [-0.1, -0.05) is 35.5 Å². The summed E-state index contributed by atoms with van der Waals surface area (Å²) in [5, 5.41) is 0. The molecule has 0 bridgehead atoms. The van der Waals surface area contributed by atoms with Gasteiger partial charge >= 0.3 is 0 Å². The van der Waals surface area contributed by atoms with Crippen LogP contribution in [-0.4, -0.2) is 0 Å². The van der Waals surface area contributed by atoms with Gasteiger partial charge in [-0.25, -0.2) is 0 Å². The summed E-state index contributed by atoms with van der Waals surface area (Å²) in [5.74, 6) is 0. The molecule has 15 heavy (non-hydrogen) atoms. The Labute approximate surface area is 120 Å². The topological polar surface area (TPSA) is 0 Å². The molecule has 0 aromatic rings. The van der Waals surface area contributed by atoms with Crippen LogP contribution < -0.4 is 0 Å². The van der Waals surface area contributed by atoms with Crippen molar-refractivity contribution >= 4 is 0 Å². The number of hydrogen-bond donors (Lipinski definition) is 0. The maximum atomic E-state index is 2.26. The first-order valence-electron chi connectivity index (χ1n) is 4.49. The number of rotatable bonds is 1. The van der Waals surface area contributed by atoms with Crippen LogP contribution in [0.1, 0.15) is 26.7 Å². The van der Waals surface area contributed by atoms with Crippen molar-refractivity contribution < 1.29 is 32.7 Å². The largest absolute Gasteiger partial charge is 0.358 e. The van der Waals surface area contributed by atoms with Crippen molar-refractivity contribution in [3.8, 4) is 0 Å². The molecule has 0 unspecified atom stereocenters. The molecule has 0 heterocycles. The minimum absolute atomic E-state index is 0. The predicted molar refractivity (Wildman–Crippen MR) is 65.7 cm³/mol. The van der Waals surface area contributed by atoms with E-state index in [1.807, 2.05) is 0 Å². The van der Waals surface area contributed by atoms with Crippen molar-refractivity contribution in [2.24, 2.45) is 0 Å².